The van der Waals surface area contributed by atoms with Crippen LogP contribution in [-0.4, -0.2) is 17.3 Å². The Labute approximate surface area is 165 Å². The van der Waals surface area contributed by atoms with Gasteiger partial charge in [-0.15, -0.1) is 0 Å². The van der Waals surface area contributed by atoms with Crippen molar-refractivity contribution in [1.29, 1.82) is 0 Å². The highest BCUT2D eigenvalue weighted by atomic mass is 35.5. The molecule has 1 heterocycles. The normalized spacial score (nSPS) is 20.0. The minimum Gasteiger partial charge on any atom is -0.324 e. The lowest BCUT2D eigenvalue weighted by Crippen LogP contribution is -2.23. The average Bonchev–Trinajstić information content (AvgIpc) is 3.05. The van der Waals surface area contributed by atoms with Crippen LogP contribution in [0.1, 0.15) is 23.3 Å². The van der Waals surface area contributed by atoms with E-state index < -0.39 is 10.7 Å². The molecule has 132 valence electrons. The topological polar surface area (TPSA) is 53.2 Å². The fourth-order valence-corrected chi connectivity index (χ4v) is 3.46. The molecule has 3 N–H and O–H groups in total. The highest BCUT2D eigenvalue weighted by Crippen LogP contribution is 2.33. The second-order valence-electron chi connectivity index (χ2n) is 5.61. The molecule has 1 fully saturated rings. The SMILES string of the molecule is O=C(Nc1ccc(C2CNC(c3c(Cl)cccc3Cl)N2)cc1)C(Cl)Cl. The summed E-state index contributed by atoms with van der Waals surface area (Å²) in [7, 11) is 0. The van der Waals surface area contributed by atoms with Crippen molar-refractivity contribution in [3.05, 3.63) is 63.6 Å². The molecule has 2 atom stereocenters. The van der Waals surface area contributed by atoms with Crippen LogP contribution in [0.15, 0.2) is 42.5 Å². The third kappa shape index (κ3) is 4.40. The van der Waals surface area contributed by atoms with Crippen molar-refractivity contribution in [1.82, 2.24) is 10.6 Å². The Morgan fingerprint density at radius 1 is 1.08 bits per heavy atom. The predicted molar refractivity (Wildman–Crippen MR) is 104 cm³/mol. The number of alkyl halides is 2. The fourth-order valence-electron chi connectivity index (χ4n) is 2.74. The van der Waals surface area contributed by atoms with Gasteiger partial charge in [-0.2, -0.15) is 0 Å². The first-order valence-electron chi connectivity index (χ1n) is 7.58. The molecule has 2 aromatic carbocycles. The van der Waals surface area contributed by atoms with Crippen LogP contribution >= 0.6 is 46.4 Å². The second-order valence-corrected chi connectivity index (χ2v) is 7.52. The van der Waals surface area contributed by atoms with Crippen molar-refractivity contribution in [3.8, 4) is 0 Å². The lowest BCUT2D eigenvalue weighted by Gasteiger charge is -2.17. The van der Waals surface area contributed by atoms with Crippen LogP contribution in [0, 0.1) is 0 Å². The van der Waals surface area contributed by atoms with Crippen molar-refractivity contribution in [2.24, 2.45) is 0 Å². The average molecular weight is 419 g/mol. The summed E-state index contributed by atoms with van der Waals surface area (Å²) in [6.07, 6.45) is -0.126. The molecule has 3 rings (SSSR count). The second kappa shape index (κ2) is 8.12. The molecule has 0 radical (unpaired) electrons. The molecule has 4 nitrogen and oxygen atoms in total. The first kappa shape index (κ1) is 18.8. The van der Waals surface area contributed by atoms with Crippen LogP contribution in [0.4, 0.5) is 5.69 Å². The third-order valence-electron chi connectivity index (χ3n) is 3.96. The molecule has 2 aromatic rings. The summed E-state index contributed by atoms with van der Waals surface area (Å²) in [6, 6.07) is 13.0. The largest absolute Gasteiger partial charge is 0.324 e. The summed E-state index contributed by atoms with van der Waals surface area (Å²) >= 11 is 23.6. The summed E-state index contributed by atoms with van der Waals surface area (Å²) in [5.74, 6) is -0.454. The minimum absolute atomic E-state index is 0.0934. The summed E-state index contributed by atoms with van der Waals surface area (Å²) in [4.78, 5) is 10.4. The molecule has 8 heteroatoms. The zero-order valence-corrected chi connectivity index (χ0v) is 15.9. The fraction of sp³-hybridized carbons (Fsp3) is 0.235. The molecule has 0 saturated carbocycles. The Morgan fingerprint density at radius 2 is 1.72 bits per heavy atom. The monoisotopic (exact) mass is 417 g/mol. The molecule has 0 aromatic heterocycles. The van der Waals surface area contributed by atoms with E-state index in [0.29, 0.717) is 15.7 Å². The van der Waals surface area contributed by atoms with Crippen LogP contribution < -0.4 is 16.0 Å². The van der Waals surface area contributed by atoms with Gasteiger partial charge in [-0.1, -0.05) is 64.6 Å². The molecule has 1 aliphatic rings. The maximum atomic E-state index is 11.5. The maximum absolute atomic E-state index is 11.5. The number of halogens is 4. The van der Waals surface area contributed by atoms with Crippen LogP contribution in [-0.2, 0) is 4.79 Å². The van der Waals surface area contributed by atoms with E-state index >= 15 is 0 Å². The summed E-state index contributed by atoms with van der Waals surface area (Å²) in [6.45, 7) is 0.726. The lowest BCUT2D eigenvalue weighted by atomic mass is 10.1. The number of amides is 1. The molecule has 0 bridgehead atoms. The molecule has 1 saturated heterocycles. The molecule has 2 unspecified atom stereocenters. The van der Waals surface area contributed by atoms with Crippen molar-refractivity contribution < 1.29 is 4.79 Å². The maximum Gasteiger partial charge on any atom is 0.257 e. The van der Waals surface area contributed by atoms with Crippen LogP contribution in [0.2, 0.25) is 10.0 Å². The number of carbonyl (C=O) groups is 1. The minimum atomic E-state index is -1.10. The zero-order chi connectivity index (χ0) is 18.0. The van der Waals surface area contributed by atoms with Crippen LogP contribution in [0.3, 0.4) is 0 Å². The Kier molecular flexibility index (Phi) is 6.10. The number of anilines is 1. The molecule has 25 heavy (non-hydrogen) atoms. The zero-order valence-electron chi connectivity index (χ0n) is 12.9. The van der Waals surface area contributed by atoms with Gasteiger partial charge >= 0.3 is 0 Å². The van der Waals surface area contributed by atoms with E-state index in [9.17, 15) is 4.79 Å². The van der Waals surface area contributed by atoms with Gasteiger partial charge in [-0.3, -0.25) is 15.4 Å². The first-order chi connectivity index (χ1) is 12.0. The molecular weight excluding hydrogens is 404 g/mol. The third-order valence-corrected chi connectivity index (χ3v) is 5.02. The first-order valence-corrected chi connectivity index (χ1v) is 9.21. The van der Waals surface area contributed by atoms with Gasteiger partial charge in [0.1, 0.15) is 0 Å². The number of hydrogen-bond acceptors (Lipinski definition) is 3. The van der Waals surface area contributed by atoms with Crippen LogP contribution in [0.25, 0.3) is 0 Å². The Balaban J connectivity index is 1.69. The van der Waals surface area contributed by atoms with Gasteiger partial charge in [0.25, 0.3) is 5.91 Å². The summed E-state index contributed by atoms with van der Waals surface area (Å²) < 4.78 is 0. The van der Waals surface area contributed by atoms with E-state index in [0.717, 1.165) is 17.7 Å². The molecule has 1 aliphatic heterocycles. The van der Waals surface area contributed by atoms with Gasteiger partial charge in [0.2, 0.25) is 0 Å². The van der Waals surface area contributed by atoms with E-state index in [1.165, 1.54) is 0 Å². The van der Waals surface area contributed by atoms with Crippen molar-refractivity contribution in [3.63, 3.8) is 0 Å². The molecule has 0 aliphatic carbocycles. The molecule has 1 amide bonds. The number of benzene rings is 2. The highest BCUT2D eigenvalue weighted by Gasteiger charge is 2.28. The number of hydrogen-bond donors (Lipinski definition) is 3. The van der Waals surface area contributed by atoms with Gasteiger partial charge in [0, 0.05) is 33.9 Å². The van der Waals surface area contributed by atoms with Crippen molar-refractivity contribution in [2.75, 3.05) is 11.9 Å². The van der Waals surface area contributed by atoms with Gasteiger partial charge in [-0.05, 0) is 29.8 Å². The van der Waals surface area contributed by atoms with E-state index in [1.54, 1.807) is 12.1 Å². The van der Waals surface area contributed by atoms with Crippen molar-refractivity contribution >= 4 is 58.0 Å². The van der Waals surface area contributed by atoms with E-state index in [4.69, 9.17) is 46.4 Å². The van der Waals surface area contributed by atoms with Crippen molar-refractivity contribution in [2.45, 2.75) is 17.0 Å². The molecule has 0 spiro atoms. The van der Waals surface area contributed by atoms with E-state index in [-0.39, 0.29) is 12.2 Å². The molecular formula is C17H15Cl4N3O. The Morgan fingerprint density at radius 3 is 2.32 bits per heavy atom. The highest BCUT2D eigenvalue weighted by molar-refractivity contribution is 6.54. The van der Waals surface area contributed by atoms with Gasteiger partial charge in [0.15, 0.2) is 4.84 Å². The van der Waals surface area contributed by atoms with E-state index in [1.807, 2.05) is 30.3 Å². The Hall–Kier alpha value is -1.01. The quantitative estimate of drug-likeness (QED) is 0.632. The number of nitrogens with one attached hydrogen (secondary N) is 3. The smallest absolute Gasteiger partial charge is 0.257 e. The van der Waals surface area contributed by atoms with E-state index in [2.05, 4.69) is 16.0 Å². The predicted octanol–water partition coefficient (Wildman–Crippen LogP) is 4.67. The van der Waals surface area contributed by atoms with Gasteiger partial charge in [0.05, 0.1) is 6.17 Å². The lowest BCUT2D eigenvalue weighted by molar-refractivity contribution is -0.114. The summed E-state index contributed by atoms with van der Waals surface area (Å²) in [5, 5.41) is 10.7. The van der Waals surface area contributed by atoms with Gasteiger partial charge < -0.3 is 5.32 Å². The number of carbonyl (C=O) groups excluding carboxylic acids is 1. The van der Waals surface area contributed by atoms with Gasteiger partial charge in [-0.25, -0.2) is 0 Å². The standard InChI is InChI=1S/C17H15Cl4N3O/c18-11-2-1-3-12(19)14(11)16-22-8-13(24-16)9-4-6-10(7-5-9)23-17(25)15(20)21/h1-7,13,15-16,22,24H,8H2,(H,23,25). The number of rotatable bonds is 4. The van der Waals surface area contributed by atoms with Crippen LogP contribution in [0.5, 0.6) is 0 Å². The summed E-state index contributed by atoms with van der Waals surface area (Å²) in [5.41, 5.74) is 2.55. The Bertz CT molecular complexity index is 747.